The number of hydroxylamine groups is 2. The van der Waals surface area contributed by atoms with Gasteiger partial charge in [-0.25, -0.2) is 4.39 Å². The van der Waals surface area contributed by atoms with E-state index in [4.69, 9.17) is 4.84 Å². The Balaban J connectivity index is 1.77. The van der Waals surface area contributed by atoms with Crippen molar-refractivity contribution in [3.63, 3.8) is 0 Å². The van der Waals surface area contributed by atoms with E-state index in [0.717, 1.165) is 5.06 Å². The number of Topliss-reactive ketones (excluding diaryl/α,β-unsaturated/α-hetero) is 1. The van der Waals surface area contributed by atoms with Crippen LogP contribution in [0.3, 0.4) is 0 Å². The van der Waals surface area contributed by atoms with E-state index in [1.54, 1.807) is 54.6 Å². The second kappa shape index (κ2) is 6.12. The Bertz CT molecular complexity index is 1190. The zero-order valence-electron chi connectivity index (χ0n) is 15.0. The van der Waals surface area contributed by atoms with Crippen LogP contribution in [0.1, 0.15) is 31.8 Å². The summed E-state index contributed by atoms with van der Waals surface area (Å²) in [7, 11) is 0. The first-order valence-corrected chi connectivity index (χ1v) is 8.96. The molecule has 6 heteroatoms. The van der Waals surface area contributed by atoms with Gasteiger partial charge in [-0.15, -0.1) is 5.06 Å². The Morgan fingerprint density at radius 2 is 1.59 bits per heavy atom. The van der Waals surface area contributed by atoms with Crippen LogP contribution in [0.5, 0.6) is 0 Å². The molecule has 2 aliphatic rings. The van der Waals surface area contributed by atoms with Gasteiger partial charge in [-0.2, -0.15) is 0 Å². The summed E-state index contributed by atoms with van der Waals surface area (Å²) in [5.41, 5.74) is -0.942. The van der Waals surface area contributed by atoms with Crippen LogP contribution < -0.4 is 0 Å². The molecule has 3 aromatic rings. The molecule has 29 heavy (non-hydrogen) atoms. The first-order valence-electron chi connectivity index (χ1n) is 8.96. The topological polar surface area (TPSA) is 66.8 Å². The summed E-state index contributed by atoms with van der Waals surface area (Å²) in [6, 6.07) is 20.3. The molecule has 1 unspecified atom stereocenters. The number of hydrogen-bond acceptors (Lipinski definition) is 4. The van der Waals surface area contributed by atoms with Crippen molar-refractivity contribution in [2.75, 3.05) is 0 Å². The molecule has 3 aromatic carbocycles. The monoisotopic (exact) mass is 387 g/mol. The summed E-state index contributed by atoms with van der Waals surface area (Å²) in [6.45, 7) is 0. The van der Waals surface area contributed by atoms with Gasteiger partial charge in [0.15, 0.2) is 11.5 Å². The molecule has 1 atom stereocenters. The predicted molar refractivity (Wildman–Crippen MR) is 102 cm³/mol. The third-order valence-corrected chi connectivity index (χ3v) is 5.14. The Kier molecular flexibility index (Phi) is 3.66. The first kappa shape index (κ1) is 17.3. The summed E-state index contributed by atoms with van der Waals surface area (Å²) in [5.74, 6) is -1.50. The minimum Gasteiger partial charge on any atom is -0.372 e. The summed E-state index contributed by atoms with van der Waals surface area (Å²) >= 11 is 0. The largest absolute Gasteiger partial charge is 0.372 e. The highest BCUT2D eigenvalue weighted by Gasteiger charge is 2.61. The van der Waals surface area contributed by atoms with Gasteiger partial charge in [0.05, 0.1) is 5.56 Å². The second-order valence-electron chi connectivity index (χ2n) is 6.81. The van der Waals surface area contributed by atoms with Crippen molar-refractivity contribution in [2.24, 2.45) is 0 Å². The fourth-order valence-electron chi connectivity index (χ4n) is 3.77. The molecule has 0 saturated carbocycles. The van der Waals surface area contributed by atoms with Gasteiger partial charge in [0.25, 0.3) is 5.91 Å². The number of nitrogens with zero attached hydrogens (tertiary/aromatic N) is 1. The smallest absolute Gasteiger partial charge is 0.290 e. The molecule has 5 nitrogen and oxygen atoms in total. The van der Waals surface area contributed by atoms with E-state index in [0.29, 0.717) is 5.56 Å². The minimum absolute atomic E-state index is 0.0882. The first-order chi connectivity index (χ1) is 14.0. The minimum atomic E-state index is -2.08. The van der Waals surface area contributed by atoms with Crippen LogP contribution in [0.4, 0.5) is 4.39 Å². The maximum absolute atomic E-state index is 13.4. The van der Waals surface area contributed by atoms with Crippen LogP contribution in [0, 0.1) is 5.82 Å². The normalized spacial score (nSPS) is 19.8. The lowest BCUT2D eigenvalue weighted by Crippen LogP contribution is -2.41. The van der Waals surface area contributed by atoms with Gasteiger partial charge < -0.3 is 9.94 Å². The zero-order valence-corrected chi connectivity index (χ0v) is 15.0. The molecule has 1 N–H and O–H groups in total. The number of hydrogen-bond donors (Lipinski definition) is 1. The van der Waals surface area contributed by atoms with Gasteiger partial charge in [-0.3, -0.25) is 9.59 Å². The molecule has 0 spiro atoms. The van der Waals surface area contributed by atoms with Gasteiger partial charge in [-0.05, 0) is 30.3 Å². The molecule has 1 amide bonds. The standard InChI is InChI=1S/C23H14FNO4/c24-16-12-10-14(11-13-16)20(26)19-21(15-6-2-1-3-7-15)29-25-22(27)17-8-4-5-9-18(17)23(19,25)28/h1-13,28H. The number of carbonyl (C=O) groups is 2. The molecule has 142 valence electrons. The predicted octanol–water partition coefficient (Wildman–Crippen LogP) is 3.67. The lowest BCUT2D eigenvalue weighted by molar-refractivity contribution is -0.177. The molecular formula is C23H14FNO4. The van der Waals surface area contributed by atoms with E-state index in [2.05, 4.69) is 0 Å². The van der Waals surface area contributed by atoms with E-state index in [1.807, 2.05) is 0 Å². The van der Waals surface area contributed by atoms with Gasteiger partial charge in [0.1, 0.15) is 11.4 Å². The van der Waals surface area contributed by atoms with Crippen LogP contribution in [0.15, 0.2) is 84.4 Å². The SMILES string of the molecule is O=C(C1=C(c2ccccc2)ON2C(=O)c3ccccc3C12O)c1ccc(F)cc1. The molecular weight excluding hydrogens is 373 g/mol. The van der Waals surface area contributed by atoms with Crippen LogP contribution in [-0.4, -0.2) is 21.9 Å². The number of fused-ring (bicyclic) bond motifs is 3. The molecule has 0 radical (unpaired) electrons. The van der Waals surface area contributed by atoms with Gasteiger partial charge in [-0.1, -0.05) is 48.5 Å². The number of amides is 1. The van der Waals surface area contributed by atoms with Crippen LogP contribution in [0.2, 0.25) is 0 Å². The molecule has 0 saturated heterocycles. The molecule has 5 rings (SSSR count). The van der Waals surface area contributed by atoms with E-state index < -0.39 is 23.2 Å². The average Bonchev–Trinajstić information content (AvgIpc) is 3.18. The maximum atomic E-state index is 13.4. The molecule has 0 aromatic heterocycles. The molecule has 0 aliphatic carbocycles. The van der Waals surface area contributed by atoms with Gasteiger partial charge in [0, 0.05) is 16.7 Å². The van der Waals surface area contributed by atoms with Crippen molar-refractivity contribution in [3.05, 3.63) is 113 Å². The zero-order chi connectivity index (χ0) is 20.2. The molecule has 0 bridgehead atoms. The van der Waals surface area contributed by atoms with Crippen molar-refractivity contribution < 1.29 is 23.9 Å². The summed E-state index contributed by atoms with van der Waals surface area (Å²) < 4.78 is 13.4. The van der Waals surface area contributed by atoms with E-state index in [1.165, 1.54) is 24.3 Å². The van der Waals surface area contributed by atoms with Crippen molar-refractivity contribution in [2.45, 2.75) is 5.72 Å². The number of benzene rings is 3. The number of carbonyl (C=O) groups excluding carboxylic acids is 2. The van der Waals surface area contributed by atoms with Crippen molar-refractivity contribution in [3.8, 4) is 0 Å². The summed E-state index contributed by atoms with van der Waals surface area (Å²) in [5, 5.41) is 12.5. The molecule has 2 aliphatic heterocycles. The maximum Gasteiger partial charge on any atom is 0.290 e. The number of aliphatic hydroxyl groups is 1. The Morgan fingerprint density at radius 1 is 0.931 bits per heavy atom. The fourth-order valence-corrected chi connectivity index (χ4v) is 3.77. The quantitative estimate of drug-likeness (QED) is 0.697. The number of ketones is 1. The van der Waals surface area contributed by atoms with Crippen molar-refractivity contribution in [1.82, 2.24) is 5.06 Å². The summed E-state index contributed by atoms with van der Waals surface area (Å²) in [4.78, 5) is 32.1. The van der Waals surface area contributed by atoms with Crippen LogP contribution in [0.25, 0.3) is 5.76 Å². The average molecular weight is 387 g/mol. The lowest BCUT2D eigenvalue weighted by Gasteiger charge is -2.26. The third-order valence-electron chi connectivity index (χ3n) is 5.14. The second-order valence-corrected chi connectivity index (χ2v) is 6.81. The number of rotatable bonds is 3. The Morgan fingerprint density at radius 3 is 2.31 bits per heavy atom. The third kappa shape index (κ3) is 2.36. The van der Waals surface area contributed by atoms with Gasteiger partial charge in [0.2, 0.25) is 5.72 Å². The Hall–Kier alpha value is -3.77. The molecule has 0 fully saturated rings. The summed E-state index contributed by atoms with van der Waals surface area (Å²) in [6.07, 6.45) is 0. The highest BCUT2D eigenvalue weighted by Crippen LogP contribution is 2.51. The highest BCUT2D eigenvalue weighted by molar-refractivity contribution is 6.16. The van der Waals surface area contributed by atoms with Crippen LogP contribution in [-0.2, 0) is 10.6 Å². The number of halogens is 1. The lowest BCUT2D eigenvalue weighted by atomic mass is 9.87. The van der Waals surface area contributed by atoms with E-state index in [9.17, 15) is 19.1 Å². The van der Waals surface area contributed by atoms with Gasteiger partial charge >= 0.3 is 0 Å². The van der Waals surface area contributed by atoms with Crippen LogP contribution >= 0.6 is 0 Å². The highest BCUT2D eigenvalue weighted by atomic mass is 19.1. The fraction of sp³-hybridized carbons (Fsp3) is 0.0435. The van der Waals surface area contributed by atoms with E-state index >= 15 is 0 Å². The van der Waals surface area contributed by atoms with Crippen molar-refractivity contribution >= 4 is 17.4 Å². The van der Waals surface area contributed by atoms with E-state index in [-0.39, 0.29) is 28.0 Å². The Labute approximate surface area is 165 Å². The molecule has 2 heterocycles. The van der Waals surface area contributed by atoms with Crippen molar-refractivity contribution in [1.29, 1.82) is 0 Å².